The van der Waals surface area contributed by atoms with Gasteiger partial charge in [0.05, 0.1) is 5.69 Å². The van der Waals surface area contributed by atoms with Gasteiger partial charge in [0, 0.05) is 0 Å². The number of carbonyl (C=O) groups is 1. The Balaban J connectivity index is 3.23. The van der Waals surface area contributed by atoms with Crippen molar-refractivity contribution in [3.8, 4) is 0 Å². The average molecular weight is 142 g/mol. The summed E-state index contributed by atoms with van der Waals surface area (Å²) in [4.78, 5) is 10.3. The molecule has 1 aromatic heterocycles. The van der Waals surface area contributed by atoms with Gasteiger partial charge in [-0.1, -0.05) is 0 Å². The number of aromatic carboxylic acids is 1. The first kappa shape index (κ1) is 6.47. The summed E-state index contributed by atoms with van der Waals surface area (Å²) in [5, 5.41) is 8.42. The summed E-state index contributed by atoms with van der Waals surface area (Å²) >= 11 is 0. The van der Waals surface area contributed by atoms with Crippen LogP contribution in [0.5, 0.6) is 0 Å². The number of nitrogen functional groups attached to an aromatic ring is 2. The van der Waals surface area contributed by atoms with E-state index in [2.05, 4.69) is 4.42 Å². The smallest absolute Gasteiger partial charge is 0.343 e. The molecule has 1 aromatic rings. The van der Waals surface area contributed by atoms with E-state index in [0.717, 1.165) is 6.26 Å². The van der Waals surface area contributed by atoms with E-state index >= 15 is 0 Å². The highest BCUT2D eigenvalue weighted by atomic mass is 16.4. The Morgan fingerprint density at radius 3 is 2.40 bits per heavy atom. The molecule has 0 aromatic carbocycles. The zero-order chi connectivity index (χ0) is 7.72. The molecule has 0 aliphatic carbocycles. The highest BCUT2D eigenvalue weighted by Crippen LogP contribution is 2.20. The maximum Gasteiger partial charge on any atom is 0.343 e. The molecule has 0 unspecified atom stereocenters. The van der Waals surface area contributed by atoms with Crippen molar-refractivity contribution in [2.45, 2.75) is 0 Å². The van der Waals surface area contributed by atoms with Crippen molar-refractivity contribution < 1.29 is 14.3 Å². The number of rotatable bonds is 1. The predicted molar refractivity (Wildman–Crippen MR) is 34.5 cm³/mol. The monoisotopic (exact) mass is 142 g/mol. The van der Waals surface area contributed by atoms with Gasteiger partial charge in [-0.3, -0.25) is 0 Å². The molecule has 0 fully saturated rings. The molecule has 0 saturated carbocycles. The van der Waals surface area contributed by atoms with Crippen LogP contribution in [0.25, 0.3) is 0 Å². The van der Waals surface area contributed by atoms with Crippen LogP contribution >= 0.6 is 0 Å². The highest BCUT2D eigenvalue weighted by Gasteiger charge is 2.15. The number of anilines is 2. The van der Waals surface area contributed by atoms with Crippen molar-refractivity contribution in [2.75, 3.05) is 11.5 Å². The number of hydrogen-bond acceptors (Lipinski definition) is 4. The van der Waals surface area contributed by atoms with E-state index in [1.165, 1.54) is 0 Å². The number of carboxylic acid groups (broad SMARTS) is 1. The third-order valence-corrected chi connectivity index (χ3v) is 1.06. The molecule has 5 heteroatoms. The van der Waals surface area contributed by atoms with E-state index in [-0.39, 0.29) is 17.1 Å². The minimum absolute atomic E-state index is 0.0463. The fourth-order valence-corrected chi connectivity index (χ4v) is 0.616. The summed E-state index contributed by atoms with van der Waals surface area (Å²) in [6, 6.07) is 0. The standard InChI is InChI=1S/C5H6N2O3/c6-2-1-10-4(7)3(2)5(8)9/h1H,6-7H2,(H,8,9). The minimum atomic E-state index is -1.18. The Bertz CT molecular complexity index is 246. The van der Waals surface area contributed by atoms with Gasteiger partial charge >= 0.3 is 5.97 Å². The molecule has 0 atom stereocenters. The van der Waals surface area contributed by atoms with Crippen LogP contribution in [-0.2, 0) is 0 Å². The second-order valence-corrected chi connectivity index (χ2v) is 1.74. The lowest BCUT2D eigenvalue weighted by atomic mass is 10.3. The lowest BCUT2D eigenvalue weighted by Gasteiger charge is -1.89. The highest BCUT2D eigenvalue weighted by molar-refractivity contribution is 5.97. The SMILES string of the molecule is Nc1coc(N)c1C(=O)O. The van der Waals surface area contributed by atoms with Gasteiger partial charge in [0.25, 0.3) is 0 Å². The Morgan fingerprint density at radius 1 is 1.60 bits per heavy atom. The molecule has 5 nitrogen and oxygen atoms in total. The van der Waals surface area contributed by atoms with E-state index in [0.29, 0.717) is 0 Å². The van der Waals surface area contributed by atoms with Gasteiger partial charge in [-0.2, -0.15) is 0 Å². The molecule has 0 spiro atoms. The molecule has 10 heavy (non-hydrogen) atoms. The fourth-order valence-electron chi connectivity index (χ4n) is 0.616. The summed E-state index contributed by atoms with van der Waals surface area (Å²) in [5.41, 5.74) is 10.2. The van der Waals surface area contributed by atoms with Crippen molar-refractivity contribution in [3.63, 3.8) is 0 Å². The first-order chi connectivity index (χ1) is 4.63. The number of nitrogens with two attached hydrogens (primary N) is 2. The molecule has 1 rings (SSSR count). The minimum Gasteiger partial charge on any atom is -0.477 e. The predicted octanol–water partition coefficient (Wildman–Crippen LogP) is 0.142. The second kappa shape index (κ2) is 1.94. The molecule has 54 valence electrons. The van der Waals surface area contributed by atoms with Gasteiger partial charge in [0.1, 0.15) is 11.8 Å². The Hall–Kier alpha value is -1.65. The molecular weight excluding hydrogens is 136 g/mol. The molecule has 0 radical (unpaired) electrons. The second-order valence-electron chi connectivity index (χ2n) is 1.74. The lowest BCUT2D eigenvalue weighted by Crippen LogP contribution is -2.02. The molecule has 0 aliphatic heterocycles. The summed E-state index contributed by atoms with van der Waals surface area (Å²) in [7, 11) is 0. The van der Waals surface area contributed by atoms with E-state index in [9.17, 15) is 4.79 Å². The van der Waals surface area contributed by atoms with Crippen LogP contribution in [0, 0.1) is 0 Å². The maximum absolute atomic E-state index is 10.3. The van der Waals surface area contributed by atoms with E-state index in [1.54, 1.807) is 0 Å². The van der Waals surface area contributed by atoms with Crippen molar-refractivity contribution in [1.82, 2.24) is 0 Å². The van der Waals surface area contributed by atoms with Gasteiger partial charge in [0.2, 0.25) is 5.88 Å². The topological polar surface area (TPSA) is 102 Å². The first-order valence-corrected chi connectivity index (χ1v) is 2.48. The number of carboxylic acids is 1. The Labute approximate surface area is 56.2 Å². The van der Waals surface area contributed by atoms with Crippen LogP contribution in [0.15, 0.2) is 10.7 Å². The summed E-state index contributed by atoms with van der Waals surface area (Å²) in [6.07, 6.45) is 1.10. The van der Waals surface area contributed by atoms with Crippen LogP contribution in [0.2, 0.25) is 0 Å². The van der Waals surface area contributed by atoms with E-state index < -0.39 is 5.97 Å². The van der Waals surface area contributed by atoms with Crippen molar-refractivity contribution in [2.24, 2.45) is 0 Å². The van der Waals surface area contributed by atoms with E-state index in [4.69, 9.17) is 16.6 Å². The summed E-state index contributed by atoms with van der Waals surface area (Å²) < 4.78 is 4.53. The third-order valence-electron chi connectivity index (χ3n) is 1.06. The maximum atomic E-state index is 10.3. The Kier molecular flexibility index (Phi) is 1.26. The van der Waals surface area contributed by atoms with Crippen molar-refractivity contribution in [3.05, 3.63) is 11.8 Å². The molecule has 5 N–H and O–H groups in total. The normalized spacial score (nSPS) is 9.60. The van der Waals surface area contributed by atoms with Gasteiger partial charge < -0.3 is 21.0 Å². The van der Waals surface area contributed by atoms with Gasteiger partial charge in [-0.05, 0) is 0 Å². The summed E-state index contributed by atoms with van der Waals surface area (Å²) in [5.74, 6) is -1.34. The first-order valence-electron chi connectivity index (χ1n) is 2.48. The molecule has 0 aliphatic rings. The quantitative estimate of drug-likeness (QED) is 0.517. The zero-order valence-corrected chi connectivity index (χ0v) is 5.00. The number of hydrogen-bond donors (Lipinski definition) is 3. The van der Waals surface area contributed by atoms with Gasteiger partial charge in [-0.25, -0.2) is 4.79 Å². The molecule has 0 saturated heterocycles. The molecule has 0 amide bonds. The molecule has 0 bridgehead atoms. The third kappa shape index (κ3) is 0.771. The Morgan fingerprint density at radius 2 is 2.20 bits per heavy atom. The van der Waals surface area contributed by atoms with Gasteiger partial charge in [-0.15, -0.1) is 0 Å². The lowest BCUT2D eigenvalue weighted by molar-refractivity contribution is 0.0698. The largest absolute Gasteiger partial charge is 0.477 e. The fraction of sp³-hybridized carbons (Fsp3) is 0. The van der Waals surface area contributed by atoms with Crippen LogP contribution in [0.3, 0.4) is 0 Å². The van der Waals surface area contributed by atoms with Crippen LogP contribution in [-0.4, -0.2) is 11.1 Å². The zero-order valence-electron chi connectivity index (χ0n) is 5.00. The van der Waals surface area contributed by atoms with E-state index in [1.807, 2.05) is 0 Å². The van der Waals surface area contributed by atoms with Gasteiger partial charge in [0.15, 0.2) is 0 Å². The van der Waals surface area contributed by atoms with Crippen LogP contribution in [0.1, 0.15) is 10.4 Å². The average Bonchev–Trinajstić information content (AvgIpc) is 2.11. The summed E-state index contributed by atoms with van der Waals surface area (Å²) in [6.45, 7) is 0. The number of furan rings is 1. The van der Waals surface area contributed by atoms with Crippen molar-refractivity contribution >= 4 is 17.5 Å². The van der Waals surface area contributed by atoms with Crippen LogP contribution < -0.4 is 11.5 Å². The molecular formula is C5H6N2O3. The van der Waals surface area contributed by atoms with Crippen molar-refractivity contribution in [1.29, 1.82) is 0 Å². The molecule has 1 heterocycles. The van der Waals surface area contributed by atoms with Crippen LogP contribution in [0.4, 0.5) is 11.6 Å².